The Morgan fingerprint density at radius 3 is 2.16 bits per heavy atom. The van der Waals surface area contributed by atoms with E-state index in [-0.39, 0.29) is 43.3 Å². The number of nitrogens with zero attached hydrogens (tertiary/aromatic N) is 1. The maximum Gasteiger partial charge on any atom is 0.410 e. The molecule has 244 valence electrons. The van der Waals surface area contributed by atoms with Gasteiger partial charge in [0.1, 0.15) is 6.61 Å². The molecule has 1 aliphatic heterocycles. The van der Waals surface area contributed by atoms with Gasteiger partial charge in [-0.2, -0.15) is 0 Å². The van der Waals surface area contributed by atoms with Crippen molar-refractivity contribution in [3.63, 3.8) is 0 Å². The van der Waals surface area contributed by atoms with Crippen molar-refractivity contribution in [1.29, 1.82) is 0 Å². The second-order valence-electron chi connectivity index (χ2n) is 11.9. The van der Waals surface area contributed by atoms with Crippen LogP contribution in [0.15, 0.2) is 60.7 Å². The van der Waals surface area contributed by atoms with Crippen LogP contribution in [-0.2, 0) is 41.7 Å². The van der Waals surface area contributed by atoms with Gasteiger partial charge in [0.2, 0.25) is 0 Å². The lowest BCUT2D eigenvalue weighted by molar-refractivity contribution is -0.208. The van der Waals surface area contributed by atoms with Crippen LogP contribution >= 0.6 is 0 Å². The number of aliphatic hydroxyl groups is 1. The van der Waals surface area contributed by atoms with Crippen LogP contribution in [0, 0.1) is 17.8 Å². The quantitative estimate of drug-likeness (QED) is 0.162. The van der Waals surface area contributed by atoms with Crippen LogP contribution in [0.5, 0.6) is 0 Å². The lowest BCUT2D eigenvalue weighted by Crippen LogP contribution is -2.53. The summed E-state index contributed by atoms with van der Waals surface area (Å²) in [6.45, 7) is 11.3. The van der Waals surface area contributed by atoms with Crippen molar-refractivity contribution >= 4 is 18.0 Å². The number of rotatable bonds is 13. The highest BCUT2D eigenvalue weighted by atomic mass is 16.6. The minimum absolute atomic E-state index is 0.0284. The number of carbonyl (C=O) groups excluding carboxylic acids is 3. The van der Waals surface area contributed by atoms with Gasteiger partial charge in [-0.1, -0.05) is 81.4 Å². The van der Waals surface area contributed by atoms with Crippen LogP contribution in [0.4, 0.5) is 4.79 Å². The van der Waals surface area contributed by atoms with Gasteiger partial charge in [0.05, 0.1) is 19.8 Å². The van der Waals surface area contributed by atoms with E-state index in [0.29, 0.717) is 38.0 Å². The van der Waals surface area contributed by atoms with Crippen LogP contribution in [0.3, 0.4) is 0 Å². The standard InChI is InChI=1S/C20H25NO3.C15H26O5/c22-15-9-3-8-14-21(16-18-10-4-1-5-11-18)20(23)24-17-19-12-6-2-7-13-19;1-9-7-15(5,14(17)18-6)20-13(11(9)3)10(2)8-19-12(4)16/h1-2,4-7,10-13,22H,3,8-9,14-17H2;9-11,13H,7-8H2,1-6H3/t;9-,10-,11-,13?,15-/m.1/s1. The van der Waals surface area contributed by atoms with Gasteiger partial charge in [0, 0.05) is 32.5 Å². The Hall–Kier alpha value is -3.43. The first-order valence-electron chi connectivity index (χ1n) is 15.5. The van der Waals surface area contributed by atoms with Crippen LogP contribution in [0.1, 0.15) is 71.4 Å². The van der Waals surface area contributed by atoms with E-state index in [4.69, 9.17) is 24.1 Å². The Morgan fingerprint density at radius 1 is 0.977 bits per heavy atom. The van der Waals surface area contributed by atoms with Crippen LogP contribution in [-0.4, -0.2) is 66.6 Å². The van der Waals surface area contributed by atoms with Crippen molar-refractivity contribution in [3.05, 3.63) is 71.8 Å². The summed E-state index contributed by atoms with van der Waals surface area (Å²) in [5, 5.41) is 8.88. The van der Waals surface area contributed by atoms with Gasteiger partial charge >= 0.3 is 18.0 Å². The second kappa shape index (κ2) is 19.1. The van der Waals surface area contributed by atoms with Gasteiger partial charge < -0.3 is 29.0 Å². The Balaban J connectivity index is 0.000000312. The van der Waals surface area contributed by atoms with E-state index >= 15 is 0 Å². The topological polar surface area (TPSA) is 112 Å². The normalized spacial score (nSPS) is 21.7. The number of methoxy groups -OCH3 is 1. The average Bonchev–Trinajstić information content (AvgIpc) is 3.02. The molecule has 1 N–H and O–H groups in total. The van der Waals surface area contributed by atoms with Gasteiger partial charge in [-0.25, -0.2) is 9.59 Å². The van der Waals surface area contributed by atoms with Crippen molar-refractivity contribution < 1.29 is 38.4 Å². The molecule has 0 aliphatic carbocycles. The highest BCUT2D eigenvalue weighted by molar-refractivity contribution is 5.79. The molecule has 44 heavy (non-hydrogen) atoms. The summed E-state index contributed by atoms with van der Waals surface area (Å²) in [6.07, 6.45) is 2.71. The number of amides is 1. The first kappa shape index (κ1) is 36.8. The number of hydrogen-bond donors (Lipinski definition) is 1. The summed E-state index contributed by atoms with van der Waals surface area (Å²) in [5.74, 6) is 0.00146. The molecule has 0 saturated carbocycles. The maximum absolute atomic E-state index is 12.4. The molecule has 0 radical (unpaired) electrons. The van der Waals surface area contributed by atoms with E-state index < -0.39 is 5.60 Å². The van der Waals surface area contributed by atoms with E-state index in [2.05, 4.69) is 13.8 Å². The molecule has 1 heterocycles. The predicted molar refractivity (Wildman–Crippen MR) is 168 cm³/mol. The van der Waals surface area contributed by atoms with Crippen LogP contribution < -0.4 is 0 Å². The number of benzene rings is 2. The van der Waals surface area contributed by atoms with Gasteiger partial charge in [0.15, 0.2) is 5.60 Å². The maximum atomic E-state index is 12.4. The Labute approximate surface area is 262 Å². The smallest absolute Gasteiger partial charge is 0.410 e. The molecular formula is C35H51NO8. The number of aliphatic hydroxyl groups excluding tert-OH is 1. The van der Waals surface area contributed by atoms with E-state index in [1.54, 1.807) is 11.8 Å². The summed E-state index contributed by atoms with van der Waals surface area (Å²) in [6, 6.07) is 19.6. The molecular weight excluding hydrogens is 562 g/mol. The fraction of sp³-hybridized carbons (Fsp3) is 0.571. The third-order valence-electron chi connectivity index (χ3n) is 8.02. The van der Waals surface area contributed by atoms with Crippen molar-refractivity contribution in [2.75, 3.05) is 26.9 Å². The number of unbranched alkanes of at least 4 members (excludes halogenated alkanes) is 2. The second-order valence-corrected chi connectivity index (χ2v) is 11.9. The van der Waals surface area contributed by atoms with E-state index in [0.717, 1.165) is 30.4 Å². The summed E-state index contributed by atoms with van der Waals surface area (Å²) in [4.78, 5) is 37.0. The summed E-state index contributed by atoms with van der Waals surface area (Å²) in [7, 11) is 1.37. The zero-order chi connectivity index (χ0) is 32.5. The fourth-order valence-corrected chi connectivity index (χ4v) is 5.35. The fourth-order valence-electron chi connectivity index (χ4n) is 5.35. The first-order chi connectivity index (χ1) is 21.0. The third kappa shape index (κ3) is 12.3. The third-order valence-corrected chi connectivity index (χ3v) is 8.02. The van der Waals surface area contributed by atoms with E-state index in [1.165, 1.54) is 14.0 Å². The highest BCUT2D eigenvalue weighted by Crippen LogP contribution is 2.40. The molecule has 0 bridgehead atoms. The molecule has 2 aromatic carbocycles. The molecule has 9 nitrogen and oxygen atoms in total. The van der Waals surface area contributed by atoms with Crippen molar-refractivity contribution in [2.24, 2.45) is 17.8 Å². The Bertz CT molecular complexity index is 1130. The Kier molecular flexibility index (Phi) is 15.9. The zero-order valence-electron chi connectivity index (χ0n) is 27.2. The van der Waals surface area contributed by atoms with Gasteiger partial charge in [-0.3, -0.25) is 4.79 Å². The van der Waals surface area contributed by atoms with E-state index in [1.807, 2.05) is 67.6 Å². The molecule has 0 spiro atoms. The molecule has 5 atom stereocenters. The van der Waals surface area contributed by atoms with Gasteiger partial charge in [-0.05, 0) is 55.6 Å². The SMILES string of the molecule is COC(=O)[C@@]1(C)C[C@@H](C)[C@@H](C)C([C@H](C)COC(C)=O)O1.O=C(OCc1ccccc1)N(CCCCCO)Cc1ccccc1. The lowest BCUT2D eigenvalue weighted by Gasteiger charge is -2.45. The minimum Gasteiger partial charge on any atom is -0.467 e. The van der Waals surface area contributed by atoms with Gasteiger partial charge in [0.25, 0.3) is 0 Å². The van der Waals surface area contributed by atoms with Crippen molar-refractivity contribution in [1.82, 2.24) is 4.90 Å². The molecule has 1 fully saturated rings. The molecule has 1 saturated heterocycles. The number of ether oxygens (including phenoxy) is 4. The number of esters is 2. The monoisotopic (exact) mass is 613 g/mol. The largest absolute Gasteiger partial charge is 0.467 e. The number of hydrogen-bond acceptors (Lipinski definition) is 8. The van der Waals surface area contributed by atoms with Crippen molar-refractivity contribution in [2.45, 2.75) is 85.2 Å². The van der Waals surface area contributed by atoms with Crippen LogP contribution in [0.25, 0.3) is 0 Å². The van der Waals surface area contributed by atoms with Gasteiger partial charge in [-0.15, -0.1) is 0 Å². The molecule has 3 rings (SSSR count). The molecule has 1 amide bonds. The Morgan fingerprint density at radius 2 is 1.59 bits per heavy atom. The average molecular weight is 614 g/mol. The molecule has 0 aromatic heterocycles. The summed E-state index contributed by atoms with van der Waals surface area (Å²) in [5.41, 5.74) is 1.14. The molecule has 2 aromatic rings. The lowest BCUT2D eigenvalue weighted by atomic mass is 9.75. The van der Waals surface area contributed by atoms with Crippen molar-refractivity contribution in [3.8, 4) is 0 Å². The zero-order valence-corrected chi connectivity index (χ0v) is 27.2. The first-order valence-corrected chi connectivity index (χ1v) is 15.5. The molecule has 1 aliphatic rings. The summed E-state index contributed by atoms with van der Waals surface area (Å²) < 4.78 is 21.4. The predicted octanol–water partition coefficient (Wildman–Crippen LogP) is 6.17. The molecule has 1 unspecified atom stereocenters. The highest BCUT2D eigenvalue weighted by Gasteiger charge is 2.48. The van der Waals surface area contributed by atoms with Crippen LogP contribution in [0.2, 0.25) is 0 Å². The number of carbonyl (C=O) groups is 3. The summed E-state index contributed by atoms with van der Waals surface area (Å²) >= 11 is 0. The minimum atomic E-state index is -0.921. The van der Waals surface area contributed by atoms with E-state index in [9.17, 15) is 14.4 Å². The molecule has 9 heteroatoms.